The molecule has 1 saturated carbocycles. The van der Waals surface area contributed by atoms with Gasteiger partial charge in [-0.2, -0.15) is 13.2 Å². The van der Waals surface area contributed by atoms with Gasteiger partial charge in [-0.25, -0.2) is 0 Å². The van der Waals surface area contributed by atoms with Crippen LogP contribution >= 0.6 is 0 Å². The van der Waals surface area contributed by atoms with Crippen molar-refractivity contribution in [1.29, 1.82) is 0 Å². The van der Waals surface area contributed by atoms with Crippen molar-refractivity contribution in [2.75, 3.05) is 6.54 Å². The smallest absolute Gasteiger partial charge is 0.348 e. The molecule has 0 bridgehead atoms. The molecule has 1 fully saturated rings. The average Bonchev–Trinajstić information content (AvgIpc) is 2.45. The first kappa shape index (κ1) is 11.3. The Balaban J connectivity index is 2.24. The van der Waals surface area contributed by atoms with Crippen LogP contribution in [-0.2, 0) is 4.79 Å². The topological polar surface area (TPSA) is 29.1 Å². The Morgan fingerprint density at radius 1 is 1.43 bits per heavy atom. The van der Waals surface area contributed by atoms with Crippen LogP contribution in [0.2, 0.25) is 0 Å². The van der Waals surface area contributed by atoms with Gasteiger partial charge in [-0.1, -0.05) is 13.3 Å². The van der Waals surface area contributed by atoms with E-state index in [1.165, 1.54) is 0 Å². The van der Waals surface area contributed by atoms with Crippen LogP contribution in [0, 0.1) is 11.8 Å². The van der Waals surface area contributed by atoms with E-state index < -0.39 is 12.1 Å². The van der Waals surface area contributed by atoms with E-state index in [9.17, 15) is 18.0 Å². The molecule has 2 atom stereocenters. The normalized spacial score (nSPS) is 27.7. The summed E-state index contributed by atoms with van der Waals surface area (Å²) in [5.41, 5.74) is 0. The fourth-order valence-corrected chi connectivity index (χ4v) is 1.85. The molecule has 14 heavy (non-hydrogen) atoms. The number of hydrogen-bond acceptors (Lipinski definition) is 1. The summed E-state index contributed by atoms with van der Waals surface area (Å²) in [5.74, 6) is -1.03. The maximum absolute atomic E-state index is 11.8. The van der Waals surface area contributed by atoms with Gasteiger partial charge in [0, 0.05) is 6.54 Å². The summed E-state index contributed by atoms with van der Waals surface area (Å²) in [5, 5.41) is 1.92. The second-order valence-corrected chi connectivity index (χ2v) is 3.99. The summed E-state index contributed by atoms with van der Waals surface area (Å²) in [7, 11) is 0. The van der Waals surface area contributed by atoms with Crippen LogP contribution in [0.25, 0.3) is 0 Å². The van der Waals surface area contributed by atoms with Gasteiger partial charge in [-0.3, -0.25) is 4.79 Å². The lowest BCUT2D eigenvalue weighted by Gasteiger charge is -2.12. The number of rotatable bonds is 2. The maximum Gasteiger partial charge on any atom is 0.471 e. The molecule has 2 nitrogen and oxygen atoms in total. The van der Waals surface area contributed by atoms with Crippen LogP contribution in [0.4, 0.5) is 13.2 Å². The zero-order valence-corrected chi connectivity index (χ0v) is 8.03. The number of amides is 1. The van der Waals surface area contributed by atoms with E-state index in [1.54, 1.807) is 0 Å². The first-order valence-corrected chi connectivity index (χ1v) is 4.74. The third-order valence-electron chi connectivity index (χ3n) is 2.61. The minimum absolute atomic E-state index is 0.155. The SMILES string of the molecule is CC1CCC(CNC(=O)C(F)(F)F)C1. The molecule has 0 spiro atoms. The van der Waals surface area contributed by atoms with Gasteiger partial charge in [-0.15, -0.1) is 0 Å². The quantitative estimate of drug-likeness (QED) is 0.741. The van der Waals surface area contributed by atoms with Crippen LogP contribution in [0.5, 0.6) is 0 Å². The largest absolute Gasteiger partial charge is 0.471 e. The summed E-state index contributed by atoms with van der Waals surface area (Å²) in [6, 6.07) is 0. The van der Waals surface area contributed by atoms with Gasteiger partial charge in [-0.05, 0) is 24.7 Å². The minimum atomic E-state index is -4.75. The lowest BCUT2D eigenvalue weighted by Crippen LogP contribution is -2.39. The standard InChI is InChI=1S/C9H14F3NO/c1-6-2-3-7(4-6)5-13-8(14)9(10,11)12/h6-7H,2-5H2,1H3,(H,13,14). The summed E-state index contributed by atoms with van der Waals surface area (Å²) < 4.78 is 35.4. The Bertz CT molecular complexity index is 215. The summed E-state index contributed by atoms with van der Waals surface area (Å²) in [4.78, 5) is 10.5. The molecule has 2 unspecified atom stereocenters. The summed E-state index contributed by atoms with van der Waals surface area (Å²) in [6.07, 6.45) is -1.87. The highest BCUT2D eigenvalue weighted by molar-refractivity contribution is 5.81. The molecule has 0 aromatic heterocycles. The Labute approximate surface area is 80.9 Å². The fraction of sp³-hybridized carbons (Fsp3) is 0.889. The van der Waals surface area contributed by atoms with Gasteiger partial charge in [0.25, 0.3) is 0 Å². The Hall–Kier alpha value is -0.740. The molecular formula is C9H14F3NO. The molecule has 0 heterocycles. The average molecular weight is 209 g/mol. The molecule has 0 aliphatic heterocycles. The third kappa shape index (κ3) is 3.20. The predicted octanol–water partition coefficient (Wildman–Crippen LogP) is 2.10. The lowest BCUT2D eigenvalue weighted by atomic mass is 10.1. The Morgan fingerprint density at radius 3 is 2.50 bits per heavy atom. The number of halogens is 3. The van der Waals surface area contributed by atoms with Crippen molar-refractivity contribution in [3.05, 3.63) is 0 Å². The number of alkyl halides is 3. The summed E-state index contributed by atoms with van der Waals surface area (Å²) in [6.45, 7) is 2.23. The molecule has 5 heteroatoms. The zero-order chi connectivity index (χ0) is 10.8. The molecule has 0 aromatic carbocycles. The third-order valence-corrected chi connectivity index (χ3v) is 2.61. The van der Waals surface area contributed by atoms with Crippen molar-refractivity contribution >= 4 is 5.91 Å². The first-order valence-electron chi connectivity index (χ1n) is 4.74. The predicted molar refractivity (Wildman–Crippen MR) is 45.6 cm³/mol. The monoisotopic (exact) mass is 209 g/mol. The van der Waals surface area contributed by atoms with E-state index in [0.29, 0.717) is 5.92 Å². The second-order valence-electron chi connectivity index (χ2n) is 3.99. The highest BCUT2D eigenvalue weighted by atomic mass is 19.4. The molecule has 1 rings (SSSR count). The van der Waals surface area contributed by atoms with Crippen molar-refractivity contribution < 1.29 is 18.0 Å². The molecule has 1 N–H and O–H groups in total. The van der Waals surface area contributed by atoms with E-state index in [2.05, 4.69) is 6.92 Å². The van der Waals surface area contributed by atoms with E-state index in [0.717, 1.165) is 19.3 Å². The highest BCUT2D eigenvalue weighted by Gasteiger charge is 2.38. The van der Waals surface area contributed by atoms with Crippen LogP contribution in [0.1, 0.15) is 26.2 Å². The van der Waals surface area contributed by atoms with Crippen LogP contribution in [0.3, 0.4) is 0 Å². The van der Waals surface area contributed by atoms with Crippen molar-refractivity contribution in [3.63, 3.8) is 0 Å². The van der Waals surface area contributed by atoms with Gasteiger partial charge in [0.15, 0.2) is 0 Å². The van der Waals surface area contributed by atoms with Gasteiger partial charge in [0.1, 0.15) is 0 Å². The van der Waals surface area contributed by atoms with Crippen LogP contribution in [0.15, 0.2) is 0 Å². The maximum atomic E-state index is 11.8. The van der Waals surface area contributed by atoms with Crippen LogP contribution in [-0.4, -0.2) is 18.6 Å². The molecule has 1 amide bonds. The molecule has 0 radical (unpaired) electrons. The van der Waals surface area contributed by atoms with Crippen molar-refractivity contribution in [2.45, 2.75) is 32.4 Å². The highest BCUT2D eigenvalue weighted by Crippen LogP contribution is 2.29. The van der Waals surface area contributed by atoms with Crippen LogP contribution < -0.4 is 5.32 Å². The van der Waals surface area contributed by atoms with E-state index >= 15 is 0 Å². The molecule has 1 aliphatic carbocycles. The number of nitrogens with one attached hydrogen (secondary N) is 1. The fourth-order valence-electron chi connectivity index (χ4n) is 1.85. The van der Waals surface area contributed by atoms with E-state index in [1.807, 2.05) is 5.32 Å². The van der Waals surface area contributed by atoms with E-state index in [4.69, 9.17) is 0 Å². The molecule has 82 valence electrons. The minimum Gasteiger partial charge on any atom is -0.348 e. The van der Waals surface area contributed by atoms with Gasteiger partial charge in [0.2, 0.25) is 0 Å². The molecule has 0 aromatic rings. The summed E-state index contributed by atoms with van der Waals surface area (Å²) >= 11 is 0. The molecule has 1 aliphatic rings. The number of hydrogen-bond donors (Lipinski definition) is 1. The van der Waals surface area contributed by atoms with E-state index in [-0.39, 0.29) is 12.5 Å². The van der Waals surface area contributed by atoms with Gasteiger partial charge in [0.05, 0.1) is 0 Å². The first-order chi connectivity index (χ1) is 6.39. The Kier molecular flexibility index (Phi) is 3.39. The molecule has 0 saturated heterocycles. The Morgan fingerprint density at radius 2 is 2.07 bits per heavy atom. The lowest BCUT2D eigenvalue weighted by molar-refractivity contribution is -0.173. The number of carbonyl (C=O) groups excluding carboxylic acids is 1. The van der Waals surface area contributed by atoms with Crippen molar-refractivity contribution in [1.82, 2.24) is 5.32 Å². The van der Waals surface area contributed by atoms with Crippen molar-refractivity contribution in [2.24, 2.45) is 11.8 Å². The second kappa shape index (κ2) is 4.19. The van der Waals surface area contributed by atoms with Gasteiger partial charge >= 0.3 is 12.1 Å². The molecular weight excluding hydrogens is 195 g/mol. The van der Waals surface area contributed by atoms with Gasteiger partial charge < -0.3 is 5.32 Å². The van der Waals surface area contributed by atoms with Crippen molar-refractivity contribution in [3.8, 4) is 0 Å². The number of carbonyl (C=O) groups is 1. The zero-order valence-electron chi connectivity index (χ0n) is 8.03.